The van der Waals surface area contributed by atoms with Crippen LogP contribution in [-0.4, -0.2) is 9.78 Å². The molecule has 0 spiro atoms. The molecule has 2 aromatic rings. The molecule has 0 saturated heterocycles. The summed E-state index contributed by atoms with van der Waals surface area (Å²) in [4.78, 5) is 0. The molecule has 2 rings (SSSR count). The highest BCUT2D eigenvalue weighted by Crippen LogP contribution is 2.31. The van der Waals surface area contributed by atoms with Crippen molar-refractivity contribution in [3.05, 3.63) is 49.7 Å². The Morgan fingerprint density at radius 2 is 1.84 bits per heavy atom. The number of nitrogens with two attached hydrogens (primary N) is 1. The number of aryl methyl sites for hydroxylation is 3. The summed E-state index contributed by atoms with van der Waals surface area (Å²) in [5.41, 5.74) is 7.37. The van der Waals surface area contributed by atoms with E-state index in [1.807, 2.05) is 11.7 Å². The van der Waals surface area contributed by atoms with E-state index < -0.39 is 0 Å². The molecule has 1 unspecified atom stereocenters. The Kier molecular flexibility index (Phi) is 4.45. The van der Waals surface area contributed by atoms with Gasteiger partial charge in [0.05, 0.1) is 22.4 Å². The zero-order valence-electron chi connectivity index (χ0n) is 11.0. The highest BCUT2D eigenvalue weighted by Gasteiger charge is 2.20. The van der Waals surface area contributed by atoms with E-state index in [1.54, 1.807) is 6.20 Å². The number of hydrazine groups is 1. The number of rotatable bonds is 3. The van der Waals surface area contributed by atoms with Gasteiger partial charge in [-0.25, -0.2) is 5.43 Å². The van der Waals surface area contributed by atoms with Gasteiger partial charge in [0.25, 0.3) is 0 Å². The highest BCUT2D eigenvalue weighted by molar-refractivity contribution is 9.10. The zero-order valence-corrected chi connectivity index (χ0v) is 14.2. The van der Waals surface area contributed by atoms with Gasteiger partial charge in [0.15, 0.2) is 0 Å². The summed E-state index contributed by atoms with van der Waals surface area (Å²) in [6, 6.07) is 4.15. The van der Waals surface area contributed by atoms with E-state index >= 15 is 0 Å². The number of benzene rings is 1. The Morgan fingerprint density at radius 3 is 2.26 bits per heavy atom. The van der Waals surface area contributed by atoms with Crippen LogP contribution in [0.25, 0.3) is 0 Å². The van der Waals surface area contributed by atoms with Gasteiger partial charge >= 0.3 is 0 Å². The third kappa shape index (κ3) is 2.76. The van der Waals surface area contributed by atoms with Crippen LogP contribution < -0.4 is 11.3 Å². The van der Waals surface area contributed by atoms with Crippen molar-refractivity contribution in [1.29, 1.82) is 0 Å². The minimum absolute atomic E-state index is 0.104. The standard InChI is InChI=1S/C13H16Br2N4/c1-7-4-9(5-8(2)11(7)15)12(18-16)13-10(14)6-17-19(13)3/h4-6,12,18H,16H2,1-3H3. The van der Waals surface area contributed by atoms with Gasteiger partial charge in [-0.1, -0.05) is 28.1 Å². The second-order valence-corrected chi connectivity index (χ2v) is 6.22. The molecule has 1 aromatic heterocycles. The topological polar surface area (TPSA) is 55.9 Å². The lowest BCUT2D eigenvalue weighted by Crippen LogP contribution is -2.30. The first-order valence-electron chi connectivity index (χ1n) is 5.86. The van der Waals surface area contributed by atoms with Gasteiger partial charge in [-0.3, -0.25) is 10.5 Å². The minimum atomic E-state index is -0.104. The molecule has 0 amide bonds. The molecule has 0 fully saturated rings. The average molecular weight is 388 g/mol. The maximum absolute atomic E-state index is 5.75. The van der Waals surface area contributed by atoms with E-state index in [9.17, 15) is 0 Å². The van der Waals surface area contributed by atoms with Crippen LogP contribution >= 0.6 is 31.9 Å². The quantitative estimate of drug-likeness (QED) is 0.628. The molecule has 0 bridgehead atoms. The van der Waals surface area contributed by atoms with Crippen molar-refractivity contribution in [3.63, 3.8) is 0 Å². The molecule has 0 aliphatic rings. The average Bonchev–Trinajstić information content (AvgIpc) is 2.69. The van der Waals surface area contributed by atoms with Crippen LogP contribution in [0.4, 0.5) is 0 Å². The first-order valence-corrected chi connectivity index (χ1v) is 7.44. The van der Waals surface area contributed by atoms with Gasteiger partial charge in [-0.2, -0.15) is 5.10 Å². The molecular formula is C13H16Br2N4. The van der Waals surface area contributed by atoms with Gasteiger partial charge in [0.2, 0.25) is 0 Å². The summed E-state index contributed by atoms with van der Waals surface area (Å²) in [6.07, 6.45) is 1.78. The van der Waals surface area contributed by atoms with E-state index in [-0.39, 0.29) is 6.04 Å². The summed E-state index contributed by atoms with van der Waals surface area (Å²) in [5.74, 6) is 5.75. The highest BCUT2D eigenvalue weighted by atomic mass is 79.9. The van der Waals surface area contributed by atoms with Gasteiger partial charge < -0.3 is 0 Å². The summed E-state index contributed by atoms with van der Waals surface area (Å²) >= 11 is 7.10. The van der Waals surface area contributed by atoms with Crippen molar-refractivity contribution in [2.45, 2.75) is 19.9 Å². The lowest BCUT2D eigenvalue weighted by atomic mass is 9.99. The number of halogens is 2. The van der Waals surface area contributed by atoms with Crippen LogP contribution in [0.2, 0.25) is 0 Å². The van der Waals surface area contributed by atoms with Crippen LogP contribution in [0.3, 0.4) is 0 Å². The second-order valence-electron chi connectivity index (χ2n) is 4.57. The Morgan fingerprint density at radius 1 is 1.26 bits per heavy atom. The predicted molar refractivity (Wildman–Crippen MR) is 83.7 cm³/mol. The third-order valence-corrected chi connectivity index (χ3v) is 5.03. The largest absolute Gasteiger partial charge is 0.271 e. The molecule has 1 atom stereocenters. The molecular weight excluding hydrogens is 372 g/mol. The summed E-state index contributed by atoms with van der Waals surface area (Å²) in [6.45, 7) is 4.15. The lowest BCUT2D eigenvalue weighted by molar-refractivity contribution is 0.572. The van der Waals surface area contributed by atoms with E-state index in [4.69, 9.17) is 5.84 Å². The normalized spacial score (nSPS) is 12.7. The van der Waals surface area contributed by atoms with Crippen molar-refractivity contribution < 1.29 is 0 Å². The molecule has 102 valence electrons. The summed E-state index contributed by atoms with van der Waals surface area (Å²) < 4.78 is 3.90. The number of aromatic nitrogens is 2. The molecule has 4 nitrogen and oxygen atoms in total. The van der Waals surface area contributed by atoms with E-state index in [1.165, 1.54) is 11.1 Å². The fourth-order valence-corrected chi connectivity index (χ4v) is 3.03. The van der Waals surface area contributed by atoms with E-state index in [0.29, 0.717) is 0 Å². The fourth-order valence-electron chi connectivity index (χ4n) is 2.22. The predicted octanol–water partition coefficient (Wildman–Crippen LogP) is 3.11. The molecule has 0 saturated carbocycles. The van der Waals surface area contributed by atoms with Gasteiger partial charge in [-0.05, 0) is 46.5 Å². The zero-order chi connectivity index (χ0) is 14.2. The number of hydrogen-bond acceptors (Lipinski definition) is 3. The molecule has 3 N–H and O–H groups in total. The van der Waals surface area contributed by atoms with Crippen LogP contribution in [-0.2, 0) is 7.05 Å². The van der Waals surface area contributed by atoms with Gasteiger partial charge in [0, 0.05) is 11.5 Å². The minimum Gasteiger partial charge on any atom is -0.271 e. The first kappa shape index (κ1) is 14.7. The number of nitrogens with zero attached hydrogens (tertiary/aromatic N) is 2. The van der Waals surface area contributed by atoms with E-state index in [2.05, 4.69) is 68.4 Å². The van der Waals surface area contributed by atoms with Crippen LogP contribution in [0.15, 0.2) is 27.3 Å². The Hall–Kier alpha value is -0.690. The molecule has 6 heteroatoms. The third-order valence-electron chi connectivity index (χ3n) is 3.17. The van der Waals surface area contributed by atoms with Crippen LogP contribution in [0.1, 0.15) is 28.4 Å². The summed E-state index contributed by atoms with van der Waals surface area (Å²) in [7, 11) is 1.91. The number of hydrogen-bond donors (Lipinski definition) is 2. The molecule has 0 aliphatic heterocycles. The van der Waals surface area contributed by atoms with Gasteiger partial charge in [-0.15, -0.1) is 0 Å². The van der Waals surface area contributed by atoms with Crippen molar-refractivity contribution >= 4 is 31.9 Å². The first-order chi connectivity index (χ1) is 8.95. The molecule has 0 radical (unpaired) electrons. The van der Waals surface area contributed by atoms with Crippen molar-refractivity contribution in [3.8, 4) is 0 Å². The second kappa shape index (κ2) is 5.75. The summed E-state index contributed by atoms with van der Waals surface area (Å²) in [5, 5.41) is 4.24. The molecule has 19 heavy (non-hydrogen) atoms. The van der Waals surface area contributed by atoms with Crippen LogP contribution in [0, 0.1) is 13.8 Å². The SMILES string of the molecule is Cc1cc(C(NN)c2c(Br)cnn2C)cc(C)c1Br. The van der Waals surface area contributed by atoms with Crippen molar-refractivity contribution in [1.82, 2.24) is 15.2 Å². The fraction of sp³-hybridized carbons (Fsp3) is 0.308. The smallest absolute Gasteiger partial charge is 0.0889 e. The van der Waals surface area contributed by atoms with Crippen molar-refractivity contribution in [2.75, 3.05) is 0 Å². The molecule has 0 aliphatic carbocycles. The van der Waals surface area contributed by atoms with Crippen LogP contribution in [0.5, 0.6) is 0 Å². The monoisotopic (exact) mass is 386 g/mol. The maximum atomic E-state index is 5.75. The Balaban J connectivity index is 2.55. The lowest BCUT2D eigenvalue weighted by Gasteiger charge is -2.19. The van der Waals surface area contributed by atoms with Gasteiger partial charge in [0.1, 0.15) is 0 Å². The Bertz CT molecular complexity index is 564. The van der Waals surface area contributed by atoms with Crippen molar-refractivity contribution in [2.24, 2.45) is 12.9 Å². The molecule has 1 heterocycles. The van der Waals surface area contributed by atoms with E-state index in [0.717, 1.165) is 20.2 Å². The Labute approximate surface area is 129 Å². The maximum Gasteiger partial charge on any atom is 0.0889 e. The molecule has 1 aromatic carbocycles. The number of nitrogens with one attached hydrogen (secondary N) is 1.